The molecule has 160 valence electrons. The summed E-state index contributed by atoms with van der Waals surface area (Å²) >= 11 is 0. The molecule has 1 saturated carbocycles. The van der Waals surface area contributed by atoms with Crippen molar-refractivity contribution in [2.24, 2.45) is 11.8 Å². The van der Waals surface area contributed by atoms with Gasteiger partial charge in [0, 0.05) is 54.7 Å². The van der Waals surface area contributed by atoms with E-state index in [-0.39, 0.29) is 23.3 Å². The standard InChI is InChI=1S/C22H29N5O3/c1-13(2)20(28)26-10-7-16-18(12-26)23-19-11-17(24-27(19)22(16)30)14-5-8-25(9-6-14)21(29)15-3-4-15/h11,13-15,24H,3-10,12H2,1-2H3. The normalized spacial score (nSPS) is 20.1. The third-order valence-corrected chi connectivity index (χ3v) is 6.76. The van der Waals surface area contributed by atoms with Crippen LogP contribution in [0.1, 0.15) is 62.4 Å². The zero-order chi connectivity index (χ0) is 21.0. The fourth-order valence-corrected chi connectivity index (χ4v) is 4.77. The van der Waals surface area contributed by atoms with Crippen LogP contribution in [0.4, 0.5) is 0 Å². The van der Waals surface area contributed by atoms with E-state index in [0.29, 0.717) is 42.5 Å². The van der Waals surface area contributed by atoms with Gasteiger partial charge >= 0.3 is 0 Å². The smallest absolute Gasteiger partial charge is 0.276 e. The first-order valence-corrected chi connectivity index (χ1v) is 11.1. The second-order valence-electron chi connectivity index (χ2n) is 9.29. The van der Waals surface area contributed by atoms with E-state index in [1.807, 2.05) is 24.8 Å². The number of fused-ring (bicyclic) bond motifs is 2. The van der Waals surface area contributed by atoms with E-state index in [4.69, 9.17) is 4.98 Å². The molecule has 2 aromatic heterocycles. The second-order valence-corrected chi connectivity index (χ2v) is 9.29. The minimum Gasteiger partial charge on any atom is -0.342 e. The van der Waals surface area contributed by atoms with E-state index in [9.17, 15) is 14.4 Å². The molecule has 2 fully saturated rings. The van der Waals surface area contributed by atoms with Crippen molar-refractivity contribution >= 4 is 17.5 Å². The Kier molecular flexibility index (Phi) is 4.67. The Morgan fingerprint density at radius 2 is 1.83 bits per heavy atom. The number of rotatable bonds is 3. The molecule has 30 heavy (non-hydrogen) atoms. The molecule has 0 atom stereocenters. The zero-order valence-electron chi connectivity index (χ0n) is 17.7. The summed E-state index contributed by atoms with van der Waals surface area (Å²) in [5, 5.41) is 3.27. The number of nitrogens with zero attached hydrogens (tertiary/aromatic N) is 4. The van der Waals surface area contributed by atoms with E-state index in [0.717, 1.165) is 50.2 Å². The number of hydrogen-bond acceptors (Lipinski definition) is 4. The molecule has 2 aliphatic heterocycles. The number of nitrogens with one attached hydrogen (secondary N) is 1. The molecule has 1 aliphatic carbocycles. The van der Waals surface area contributed by atoms with Crippen LogP contribution in [0.15, 0.2) is 10.9 Å². The number of H-pyrrole nitrogens is 1. The first-order valence-electron chi connectivity index (χ1n) is 11.1. The largest absolute Gasteiger partial charge is 0.342 e. The number of aromatic nitrogens is 3. The molecule has 0 radical (unpaired) electrons. The topological polar surface area (TPSA) is 90.8 Å². The highest BCUT2D eigenvalue weighted by molar-refractivity contribution is 5.81. The lowest BCUT2D eigenvalue weighted by molar-refractivity contribution is -0.135. The van der Waals surface area contributed by atoms with Crippen molar-refractivity contribution in [3.05, 3.63) is 33.4 Å². The fourth-order valence-electron chi connectivity index (χ4n) is 4.77. The molecule has 4 heterocycles. The number of amides is 2. The quantitative estimate of drug-likeness (QED) is 0.832. The van der Waals surface area contributed by atoms with Crippen molar-refractivity contribution in [1.82, 2.24) is 24.4 Å². The SMILES string of the molecule is CC(C)C(=O)N1CCc2c(nc3cc(C4CCN(C(=O)C5CC5)CC4)[nH]n3c2=O)C1. The molecule has 0 unspecified atom stereocenters. The number of aromatic amines is 1. The molecule has 1 N–H and O–H groups in total. The Balaban J connectivity index is 1.36. The van der Waals surface area contributed by atoms with E-state index in [2.05, 4.69) is 5.10 Å². The number of piperidine rings is 1. The highest BCUT2D eigenvalue weighted by Gasteiger charge is 2.35. The molecule has 1 saturated heterocycles. The van der Waals surface area contributed by atoms with E-state index in [1.165, 1.54) is 0 Å². The molecular weight excluding hydrogens is 382 g/mol. The Morgan fingerprint density at radius 1 is 1.10 bits per heavy atom. The van der Waals surface area contributed by atoms with Gasteiger partial charge in [0.15, 0.2) is 5.65 Å². The van der Waals surface area contributed by atoms with Crippen molar-refractivity contribution in [2.75, 3.05) is 19.6 Å². The summed E-state index contributed by atoms with van der Waals surface area (Å²) in [5.41, 5.74) is 2.99. The lowest BCUT2D eigenvalue weighted by Crippen LogP contribution is -2.41. The van der Waals surface area contributed by atoms with Crippen LogP contribution >= 0.6 is 0 Å². The maximum Gasteiger partial charge on any atom is 0.276 e. The van der Waals surface area contributed by atoms with E-state index < -0.39 is 0 Å². The van der Waals surface area contributed by atoms with Gasteiger partial charge < -0.3 is 9.80 Å². The van der Waals surface area contributed by atoms with Gasteiger partial charge in [0.2, 0.25) is 11.8 Å². The van der Waals surface area contributed by atoms with E-state index >= 15 is 0 Å². The molecule has 0 spiro atoms. The van der Waals surface area contributed by atoms with Crippen LogP contribution in [-0.2, 0) is 22.6 Å². The molecule has 8 heteroatoms. The van der Waals surface area contributed by atoms with Gasteiger partial charge in [-0.3, -0.25) is 19.5 Å². The summed E-state index contributed by atoms with van der Waals surface area (Å²) in [7, 11) is 0. The predicted octanol–water partition coefficient (Wildman–Crippen LogP) is 1.68. The van der Waals surface area contributed by atoms with Gasteiger partial charge in [-0.2, -0.15) is 0 Å². The molecular formula is C22H29N5O3. The van der Waals surface area contributed by atoms with Gasteiger partial charge in [0.25, 0.3) is 5.56 Å². The monoisotopic (exact) mass is 411 g/mol. The molecule has 2 aromatic rings. The van der Waals surface area contributed by atoms with Crippen LogP contribution in [0.3, 0.4) is 0 Å². The van der Waals surface area contributed by atoms with Gasteiger partial charge in [0.1, 0.15) is 0 Å². The minimum absolute atomic E-state index is 0.0563. The van der Waals surface area contributed by atoms with Gasteiger partial charge in [-0.05, 0) is 32.1 Å². The maximum absolute atomic E-state index is 13.0. The van der Waals surface area contributed by atoms with Gasteiger partial charge in [-0.15, -0.1) is 0 Å². The predicted molar refractivity (Wildman–Crippen MR) is 111 cm³/mol. The molecule has 0 aromatic carbocycles. The first kappa shape index (κ1) is 19.3. The number of carbonyl (C=O) groups excluding carboxylic acids is 2. The van der Waals surface area contributed by atoms with Crippen molar-refractivity contribution in [2.45, 2.75) is 58.4 Å². The molecule has 2 amide bonds. The molecule has 0 bridgehead atoms. The first-order chi connectivity index (χ1) is 14.4. The summed E-state index contributed by atoms with van der Waals surface area (Å²) in [6, 6.07) is 1.97. The Morgan fingerprint density at radius 3 is 2.50 bits per heavy atom. The maximum atomic E-state index is 13.0. The van der Waals surface area contributed by atoms with Gasteiger partial charge in [0.05, 0.1) is 12.2 Å². The summed E-state index contributed by atoms with van der Waals surface area (Å²) in [5.74, 6) is 0.922. The zero-order valence-corrected chi connectivity index (χ0v) is 17.7. The van der Waals surface area contributed by atoms with Crippen LogP contribution in [0, 0.1) is 11.8 Å². The third-order valence-electron chi connectivity index (χ3n) is 6.76. The van der Waals surface area contributed by atoms with Crippen LogP contribution in [-0.4, -0.2) is 55.8 Å². The van der Waals surface area contributed by atoms with Crippen LogP contribution in [0.5, 0.6) is 0 Å². The minimum atomic E-state index is -0.0621. The highest BCUT2D eigenvalue weighted by atomic mass is 16.2. The van der Waals surface area contributed by atoms with Crippen LogP contribution in [0.2, 0.25) is 0 Å². The Labute approximate surface area is 175 Å². The number of hydrogen-bond donors (Lipinski definition) is 1. The van der Waals surface area contributed by atoms with Gasteiger partial charge in [-0.1, -0.05) is 13.8 Å². The number of carbonyl (C=O) groups is 2. The number of likely N-dealkylation sites (tertiary alicyclic amines) is 1. The van der Waals surface area contributed by atoms with Crippen molar-refractivity contribution in [3.8, 4) is 0 Å². The Hall–Kier alpha value is -2.64. The Bertz CT molecular complexity index is 1060. The highest BCUT2D eigenvalue weighted by Crippen LogP contribution is 2.34. The van der Waals surface area contributed by atoms with Crippen LogP contribution in [0.25, 0.3) is 5.65 Å². The summed E-state index contributed by atoms with van der Waals surface area (Å²) < 4.78 is 1.55. The summed E-state index contributed by atoms with van der Waals surface area (Å²) in [6.07, 6.45) is 4.42. The van der Waals surface area contributed by atoms with Crippen molar-refractivity contribution in [1.29, 1.82) is 0 Å². The molecule has 8 nitrogen and oxygen atoms in total. The fraction of sp³-hybridized carbons (Fsp3) is 0.636. The molecule has 5 rings (SSSR count). The molecule has 3 aliphatic rings. The summed E-state index contributed by atoms with van der Waals surface area (Å²) in [4.78, 5) is 46.2. The summed E-state index contributed by atoms with van der Waals surface area (Å²) in [6.45, 7) is 6.31. The average molecular weight is 412 g/mol. The van der Waals surface area contributed by atoms with Crippen molar-refractivity contribution in [3.63, 3.8) is 0 Å². The van der Waals surface area contributed by atoms with Gasteiger partial charge in [-0.25, -0.2) is 9.50 Å². The van der Waals surface area contributed by atoms with Crippen LogP contribution < -0.4 is 5.56 Å². The lowest BCUT2D eigenvalue weighted by Gasteiger charge is -2.31. The van der Waals surface area contributed by atoms with Crippen molar-refractivity contribution < 1.29 is 9.59 Å². The average Bonchev–Trinajstić information content (AvgIpc) is 3.51. The third kappa shape index (κ3) is 3.32. The lowest BCUT2D eigenvalue weighted by atomic mass is 9.93. The second kappa shape index (κ2) is 7.25. The van der Waals surface area contributed by atoms with E-state index in [1.54, 1.807) is 9.42 Å².